The zero-order valence-corrected chi connectivity index (χ0v) is 16.7. The number of benzene rings is 2. The number of carbonyl (C=O) groups excluding carboxylic acids is 2. The van der Waals surface area contributed by atoms with Crippen LogP contribution in [0.25, 0.3) is 0 Å². The molecule has 2 amide bonds. The highest BCUT2D eigenvalue weighted by molar-refractivity contribution is 7.98. The van der Waals surface area contributed by atoms with E-state index in [-0.39, 0.29) is 11.8 Å². The van der Waals surface area contributed by atoms with Crippen molar-refractivity contribution in [3.8, 4) is 0 Å². The van der Waals surface area contributed by atoms with E-state index in [0.717, 1.165) is 16.9 Å². The molecule has 2 rings (SSSR count). The van der Waals surface area contributed by atoms with E-state index in [1.54, 1.807) is 36.0 Å². The van der Waals surface area contributed by atoms with Crippen molar-refractivity contribution in [2.45, 2.75) is 26.3 Å². The lowest BCUT2D eigenvalue weighted by molar-refractivity contribution is -0.118. The minimum Gasteiger partial charge on any atom is -0.340 e. The quantitative estimate of drug-likeness (QED) is 0.734. The first-order chi connectivity index (χ1) is 12.4. The fourth-order valence-corrected chi connectivity index (χ4v) is 3.22. The maximum atomic E-state index is 12.7. The Bertz CT molecular complexity index is 795. The molecule has 6 heteroatoms. The number of rotatable bonds is 7. The van der Waals surface area contributed by atoms with Crippen LogP contribution in [0.1, 0.15) is 27.9 Å². The van der Waals surface area contributed by atoms with Crippen LogP contribution in [0.15, 0.2) is 42.5 Å². The zero-order chi connectivity index (χ0) is 19.1. The molecule has 0 saturated carbocycles. The molecule has 138 valence electrons. The number of nitrogens with one attached hydrogen (secondary N) is 2. The number of thioether (sulfide) groups is 1. The summed E-state index contributed by atoms with van der Waals surface area (Å²) in [6.45, 7) is 3.81. The molecule has 0 fully saturated rings. The smallest absolute Gasteiger partial charge is 0.251 e. The molecule has 0 aromatic heterocycles. The summed E-state index contributed by atoms with van der Waals surface area (Å²) < 4.78 is 0. The van der Waals surface area contributed by atoms with E-state index in [1.165, 1.54) is 0 Å². The van der Waals surface area contributed by atoms with Gasteiger partial charge in [-0.2, -0.15) is 11.8 Å². The molecule has 0 aliphatic heterocycles. The van der Waals surface area contributed by atoms with Crippen LogP contribution in [0, 0.1) is 13.8 Å². The van der Waals surface area contributed by atoms with Crippen molar-refractivity contribution >= 4 is 40.9 Å². The fourth-order valence-electron chi connectivity index (χ4n) is 2.52. The Morgan fingerprint density at radius 2 is 1.92 bits per heavy atom. The van der Waals surface area contributed by atoms with Crippen LogP contribution in [0.4, 0.5) is 5.69 Å². The van der Waals surface area contributed by atoms with E-state index in [4.69, 9.17) is 11.6 Å². The van der Waals surface area contributed by atoms with Crippen LogP contribution in [0.5, 0.6) is 0 Å². The first-order valence-electron chi connectivity index (χ1n) is 8.34. The van der Waals surface area contributed by atoms with Crippen molar-refractivity contribution < 1.29 is 9.59 Å². The van der Waals surface area contributed by atoms with Crippen LogP contribution in [-0.4, -0.2) is 29.9 Å². The lowest BCUT2D eigenvalue weighted by Crippen LogP contribution is -2.44. The highest BCUT2D eigenvalue weighted by Gasteiger charge is 2.21. The van der Waals surface area contributed by atoms with E-state index in [2.05, 4.69) is 10.6 Å². The van der Waals surface area contributed by atoms with Crippen molar-refractivity contribution in [1.82, 2.24) is 5.32 Å². The van der Waals surface area contributed by atoms with E-state index in [0.29, 0.717) is 22.7 Å². The Kier molecular flexibility index (Phi) is 7.54. The van der Waals surface area contributed by atoms with Gasteiger partial charge in [0.05, 0.1) is 0 Å². The number of carbonyl (C=O) groups is 2. The molecule has 0 radical (unpaired) electrons. The number of hydrogen-bond acceptors (Lipinski definition) is 3. The Hall–Kier alpha value is -1.98. The topological polar surface area (TPSA) is 58.2 Å². The first kappa shape index (κ1) is 20.3. The third kappa shape index (κ3) is 5.78. The summed E-state index contributed by atoms with van der Waals surface area (Å²) in [6.07, 6.45) is 2.53. The summed E-state index contributed by atoms with van der Waals surface area (Å²) in [5.74, 6) is 0.291. The molecule has 4 nitrogen and oxygen atoms in total. The van der Waals surface area contributed by atoms with Crippen molar-refractivity contribution in [2.75, 3.05) is 17.3 Å². The van der Waals surface area contributed by atoms with Gasteiger partial charge in [0.1, 0.15) is 6.04 Å². The Balaban J connectivity index is 2.12. The molecular weight excluding hydrogens is 368 g/mol. The van der Waals surface area contributed by atoms with Crippen molar-refractivity contribution in [3.05, 3.63) is 64.2 Å². The largest absolute Gasteiger partial charge is 0.340 e. The second-order valence-electron chi connectivity index (χ2n) is 6.13. The van der Waals surface area contributed by atoms with Crippen LogP contribution < -0.4 is 10.6 Å². The number of amides is 2. The monoisotopic (exact) mass is 390 g/mol. The molecule has 2 N–H and O–H groups in total. The first-order valence-corrected chi connectivity index (χ1v) is 10.1. The standard InChI is InChI=1S/C20H23ClN2O2S/c1-13-5-4-6-15(11-13)19(24)23-18(9-10-26-3)20(25)22-17-8-7-16(21)12-14(17)2/h4-8,11-12,18H,9-10H2,1-3H3,(H,22,25)(H,23,24). The summed E-state index contributed by atoms with van der Waals surface area (Å²) in [5.41, 5.74) is 3.12. The lowest BCUT2D eigenvalue weighted by Gasteiger charge is -2.19. The summed E-state index contributed by atoms with van der Waals surface area (Å²) in [6, 6.07) is 12.0. The summed E-state index contributed by atoms with van der Waals surface area (Å²) >= 11 is 7.60. The minimum absolute atomic E-state index is 0.231. The Labute approximate surface area is 163 Å². The molecule has 2 aromatic carbocycles. The average Bonchev–Trinajstić information content (AvgIpc) is 2.60. The number of hydrogen-bond donors (Lipinski definition) is 2. The van der Waals surface area contributed by atoms with Gasteiger partial charge >= 0.3 is 0 Å². The van der Waals surface area contributed by atoms with Crippen LogP contribution in [0.3, 0.4) is 0 Å². The third-order valence-corrected chi connectivity index (χ3v) is 4.84. The molecule has 0 aliphatic rings. The molecule has 0 aliphatic carbocycles. The molecule has 0 heterocycles. The highest BCUT2D eigenvalue weighted by Crippen LogP contribution is 2.20. The second kappa shape index (κ2) is 9.64. The van der Waals surface area contributed by atoms with E-state index in [1.807, 2.05) is 38.3 Å². The predicted octanol–water partition coefficient (Wildman–Crippen LogP) is 4.45. The number of halogens is 1. The Morgan fingerprint density at radius 1 is 1.15 bits per heavy atom. The van der Waals surface area contributed by atoms with Gasteiger partial charge in [-0.1, -0.05) is 29.3 Å². The molecule has 26 heavy (non-hydrogen) atoms. The van der Waals surface area contributed by atoms with Gasteiger partial charge in [0, 0.05) is 16.3 Å². The molecule has 0 spiro atoms. The van der Waals surface area contributed by atoms with Gasteiger partial charge in [-0.05, 0) is 68.2 Å². The van der Waals surface area contributed by atoms with Crippen LogP contribution in [0.2, 0.25) is 5.02 Å². The van der Waals surface area contributed by atoms with Gasteiger partial charge in [-0.25, -0.2) is 0 Å². The van der Waals surface area contributed by atoms with E-state index < -0.39 is 6.04 Å². The van der Waals surface area contributed by atoms with Crippen LogP contribution in [-0.2, 0) is 4.79 Å². The third-order valence-electron chi connectivity index (χ3n) is 3.96. The fraction of sp³-hybridized carbons (Fsp3) is 0.300. The summed E-state index contributed by atoms with van der Waals surface area (Å²) in [7, 11) is 0. The minimum atomic E-state index is -0.606. The normalized spacial score (nSPS) is 11.7. The SMILES string of the molecule is CSCCC(NC(=O)c1cccc(C)c1)C(=O)Nc1ccc(Cl)cc1C. The summed E-state index contributed by atoms with van der Waals surface area (Å²) in [4.78, 5) is 25.2. The van der Waals surface area contributed by atoms with E-state index >= 15 is 0 Å². The Morgan fingerprint density at radius 3 is 2.58 bits per heavy atom. The second-order valence-corrected chi connectivity index (χ2v) is 7.55. The maximum Gasteiger partial charge on any atom is 0.251 e. The lowest BCUT2D eigenvalue weighted by atomic mass is 10.1. The van der Waals surface area contributed by atoms with Gasteiger partial charge in [0.15, 0.2) is 0 Å². The van der Waals surface area contributed by atoms with Gasteiger partial charge in [-0.15, -0.1) is 0 Å². The van der Waals surface area contributed by atoms with Crippen molar-refractivity contribution in [2.24, 2.45) is 0 Å². The maximum absolute atomic E-state index is 12.7. The summed E-state index contributed by atoms with van der Waals surface area (Å²) in [5, 5.41) is 6.37. The predicted molar refractivity (Wildman–Crippen MR) is 110 cm³/mol. The average molecular weight is 391 g/mol. The van der Waals surface area contributed by atoms with Crippen molar-refractivity contribution in [1.29, 1.82) is 0 Å². The van der Waals surface area contributed by atoms with Crippen molar-refractivity contribution in [3.63, 3.8) is 0 Å². The molecule has 1 unspecified atom stereocenters. The molecular formula is C20H23ClN2O2S. The zero-order valence-electron chi connectivity index (χ0n) is 15.1. The highest BCUT2D eigenvalue weighted by atomic mass is 35.5. The molecule has 0 bridgehead atoms. The molecule has 0 saturated heterocycles. The number of anilines is 1. The van der Waals surface area contributed by atoms with Crippen LogP contribution >= 0.6 is 23.4 Å². The van der Waals surface area contributed by atoms with Gasteiger partial charge < -0.3 is 10.6 Å². The molecule has 2 aromatic rings. The molecule has 1 atom stereocenters. The van der Waals surface area contributed by atoms with E-state index in [9.17, 15) is 9.59 Å². The van der Waals surface area contributed by atoms with Gasteiger partial charge in [0.25, 0.3) is 5.91 Å². The van der Waals surface area contributed by atoms with Gasteiger partial charge in [-0.3, -0.25) is 9.59 Å². The number of aryl methyl sites for hydroxylation is 2. The van der Waals surface area contributed by atoms with Gasteiger partial charge in [0.2, 0.25) is 5.91 Å².